The number of anilines is 1. The normalized spacial score (nSPS) is 14.1. The predicted octanol–water partition coefficient (Wildman–Crippen LogP) is 4.69. The minimum atomic E-state index is -3.80. The van der Waals surface area contributed by atoms with Crippen LogP contribution in [-0.2, 0) is 10.0 Å². The van der Waals surface area contributed by atoms with Crippen molar-refractivity contribution in [3.8, 4) is 22.7 Å². The molecule has 1 saturated heterocycles. The lowest BCUT2D eigenvalue weighted by atomic mass is 10.1. The van der Waals surface area contributed by atoms with Gasteiger partial charge >= 0.3 is 0 Å². The third-order valence-electron chi connectivity index (χ3n) is 6.38. The first kappa shape index (κ1) is 26.1. The zero-order chi connectivity index (χ0) is 27.4. The number of aromatic nitrogens is 2. The van der Waals surface area contributed by atoms with E-state index in [9.17, 15) is 18.5 Å². The van der Waals surface area contributed by atoms with Crippen LogP contribution in [0.3, 0.4) is 0 Å². The second-order valence-corrected chi connectivity index (χ2v) is 10.8. The van der Waals surface area contributed by atoms with E-state index < -0.39 is 14.9 Å². The van der Waals surface area contributed by atoms with Crippen molar-refractivity contribution in [2.75, 3.05) is 25.6 Å². The van der Waals surface area contributed by atoms with Crippen LogP contribution in [0.5, 0.6) is 5.75 Å². The Morgan fingerprint density at radius 1 is 1.05 bits per heavy atom. The van der Waals surface area contributed by atoms with Crippen molar-refractivity contribution in [2.45, 2.75) is 17.7 Å². The summed E-state index contributed by atoms with van der Waals surface area (Å²) in [4.78, 5) is 11.0. The minimum absolute atomic E-state index is 0.0677. The van der Waals surface area contributed by atoms with Crippen LogP contribution in [0.2, 0.25) is 0 Å². The number of nitrogens with zero attached hydrogens (tertiary/aromatic N) is 5. The number of hydrogen-bond acceptors (Lipinski definition) is 8. The maximum absolute atomic E-state index is 12.9. The van der Waals surface area contributed by atoms with Crippen LogP contribution in [-0.4, -0.2) is 53.8 Å². The van der Waals surface area contributed by atoms with Crippen molar-refractivity contribution < 1.29 is 18.1 Å². The van der Waals surface area contributed by atoms with E-state index in [0.717, 1.165) is 30.2 Å². The minimum Gasteiger partial charge on any atom is -0.497 e. The van der Waals surface area contributed by atoms with Gasteiger partial charge in [0, 0.05) is 36.5 Å². The van der Waals surface area contributed by atoms with Crippen molar-refractivity contribution in [3.63, 3.8) is 0 Å². The summed E-state index contributed by atoms with van der Waals surface area (Å²) in [5, 5.41) is 20.8. The molecule has 0 aliphatic carbocycles. The second-order valence-electron chi connectivity index (χ2n) is 8.86. The lowest BCUT2D eigenvalue weighted by molar-refractivity contribution is -0.384. The quantitative estimate of drug-likeness (QED) is 0.183. The SMILES string of the molecule is COc1ccc(-c2nn(-c3ccccc3)cc2C=NNc2ccc(S(=O)(=O)N3CCCC3)cc2[N+](=O)[O-])cc1. The molecule has 0 saturated carbocycles. The van der Waals surface area contributed by atoms with Crippen molar-refractivity contribution in [2.24, 2.45) is 5.10 Å². The van der Waals surface area contributed by atoms with Gasteiger partial charge in [-0.15, -0.1) is 0 Å². The van der Waals surface area contributed by atoms with Gasteiger partial charge in [-0.1, -0.05) is 18.2 Å². The molecule has 2 heterocycles. The molecule has 0 unspecified atom stereocenters. The van der Waals surface area contributed by atoms with Crippen LogP contribution < -0.4 is 10.2 Å². The van der Waals surface area contributed by atoms with E-state index in [1.165, 1.54) is 22.7 Å². The Kier molecular flexibility index (Phi) is 7.39. The molecule has 0 amide bonds. The third kappa shape index (κ3) is 5.52. The number of sulfonamides is 1. The Balaban J connectivity index is 1.45. The second kappa shape index (κ2) is 11.1. The molecule has 1 N–H and O–H groups in total. The maximum atomic E-state index is 12.9. The molecule has 0 bridgehead atoms. The lowest BCUT2D eigenvalue weighted by Crippen LogP contribution is -2.27. The Hall–Kier alpha value is -4.55. The van der Waals surface area contributed by atoms with Gasteiger partial charge in [0.15, 0.2) is 0 Å². The Morgan fingerprint density at radius 2 is 1.77 bits per heavy atom. The smallest absolute Gasteiger partial charge is 0.295 e. The zero-order valence-electron chi connectivity index (χ0n) is 21.1. The number of hydrazone groups is 1. The van der Waals surface area contributed by atoms with E-state index in [2.05, 4.69) is 10.5 Å². The van der Waals surface area contributed by atoms with Gasteiger partial charge in [-0.05, 0) is 61.4 Å². The number of rotatable bonds is 9. The number of nitrogens with one attached hydrogen (secondary N) is 1. The Labute approximate surface area is 225 Å². The topological polar surface area (TPSA) is 132 Å². The Bertz CT molecular complexity index is 1610. The fraction of sp³-hybridized carbons (Fsp3) is 0.185. The molecular formula is C27H26N6O5S. The van der Waals surface area contributed by atoms with Gasteiger partial charge in [0.2, 0.25) is 10.0 Å². The van der Waals surface area contributed by atoms with Crippen molar-refractivity contribution in [1.29, 1.82) is 0 Å². The van der Waals surface area contributed by atoms with E-state index in [0.29, 0.717) is 30.1 Å². The van der Waals surface area contributed by atoms with Crippen LogP contribution >= 0.6 is 0 Å². The molecule has 1 aliphatic rings. The van der Waals surface area contributed by atoms with E-state index in [-0.39, 0.29) is 16.3 Å². The summed E-state index contributed by atoms with van der Waals surface area (Å²) in [7, 11) is -2.20. The first-order valence-electron chi connectivity index (χ1n) is 12.2. The lowest BCUT2D eigenvalue weighted by Gasteiger charge is -2.15. The fourth-order valence-corrected chi connectivity index (χ4v) is 5.87. The summed E-state index contributed by atoms with van der Waals surface area (Å²) in [5.41, 5.74) is 5.37. The summed E-state index contributed by atoms with van der Waals surface area (Å²) in [6.45, 7) is 0.821. The molecule has 0 spiro atoms. The largest absolute Gasteiger partial charge is 0.497 e. The highest BCUT2D eigenvalue weighted by Crippen LogP contribution is 2.30. The average molecular weight is 547 g/mol. The van der Waals surface area contributed by atoms with Gasteiger partial charge in [-0.2, -0.15) is 14.5 Å². The van der Waals surface area contributed by atoms with Crippen molar-refractivity contribution >= 4 is 27.6 Å². The molecule has 11 nitrogen and oxygen atoms in total. The number of benzene rings is 3. The molecule has 0 atom stereocenters. The molecule has 5 rings (SSSR count). The van der Waals surface area contributed by atoms with Crippen LogP contribution in [0.25, 0.3) is 16.9 Å². The van der Waals surface area contributed by atoms with Gasteiger partial charge < -0.3 is 4.74 Å². The maximum Gasteiger partial charge on any atom is 0.295 e. The molecule has 1 fully saturated rings. The van der Waals surface area contributed by atoms with Gasteiger partial charge in [-0.3, -0.25) is 15.5 Å². The summed E-state index contributed by atoms with van der Waals surface area (Å²) in [5.74, 6) is 0.709. The van der Waals surface area contributed by atoms with Gasteiger partial charge in [0.1, 0.15) is 17.1 Å². The zero-order valence-corrected chi connectivity index (χ0v) is 21.9. The first-order chi connectivity index (χ1) is 18.9. The summed E-state index contributed by atoms with van der Waals surface area (Å²) >= 11 is 0. The summed E-state index contributed by atoms with van der Waals surface area (Å²) < 4.78 is 34.1. The van der Waals surface area contributed by atoms with E-state index in [1.807, 2.05) is 54.6 Å². The van der Waals surface area contributed by atoms with Gasteiger partial charge in [-0.25, -0.2) is 13.1 Å². The molecule has 4 aromatic rings. The average Bonchev–Trinajstić information content (AvgIpc) is 3.65. The van der Waals surface area contributed by atoms with E-state index >= 15 is 0 Å². The molecular weight excluding hydrogens is 520 g/mol. The van der Waals surface area contributed by atoms with Crippen LogP contribution in [0.1, 0.15) is 18.4 Å². The molecule has 0 radical (unpaired) electrons. The standard InChI is InChI=1S/C27H26N6O5S/c1-38-23-11-9-20(10-12-23)27-21(19-32(30-27)22-7-3-2-4-8-22)18-28-29-25-14-13-24(17-26(25)33(34)35)39(36,37)31-15-5-6-16-31/h2-4,7-14,17-19,29H,5-6,15-16H2,1H3. The summed E-state index contributed by atoms with van der Waals surface area (Å²) in [6, 6.07) is 20.8. The Morgan fingerprint density at radius 3 is 2.44 bits per heavy atom. The molecule has 1 aromatic heterocycles. The number of para-hydroxylation sites is 1. The van der Waals surface area contributed by atoms with E-state index in [1.54, 1.807) is 18.0 Å². The highest BCUT2D eigenvalue weighted by atomic mass is 32.2. The summed E-state index contributed by atoms with van der Waals surface area (Å²) in [6.07, 6.45) is 4.87. The van der Waals surface area contributed by atoms with E-state index in [4.69, 9.17) is 9.84 Å². The van der Waals surface area contributed by atoms with Crippen LogP contribution in [0.4, 0.5) is 11.4 Å². The number of nitro benzene ring substituents is 1. The third-order valence-corrected chi connectivity index (χ3v) is 8.28. The molecule has 3 aromatic carbocycles. The predicted molar refractivity (Wildman–Crippen MR) is 148 cm³/mol. The van der Waals surface area contributed by atoms with Crippen molar-refractivity contribution in [1.82, 2.24) is 14.1 Å². The first-order valence-corrected chi connectivity index (χ1v) is 13.7. The van der Waals surface area contributed by atoms with Crippen LogP contribution in [0, 0.1) is 10.1 Å². The molecule has 1 aliphatic heterocycles. The number of methoxy groups -OCH3 is 1. The highest BCUT2D eigenvalue weighted by Gasteiger charge is 2.29. The monoisotopic (exact) mass is 546 g/mol. The van der Waals surface area contributed by atoms with Gasteiger partial charge in [0.25, 0.3) is 5.69 Å². The molecule has 200 valence electrons. The molecule has 12 heteroatoms. The highest BCUT2D eigenvalue weighted by molar-refractivity contribution is 7.89. The van der Waals surface area contributed by atoms with Crippen molar-refractivity contribution in [3.05, 3.63) is 94.7 Å². The number of hydrogen-bond donors (Lipinski definition) is 1. The fourth-order valence-electron chi connectivity index (χ4n) is 4.33. The molecule has 39 heavy (non-hydrogen) atoms. The number of nitro groups is 1. The number of ether oxygens (including phenoxy) is 1. The van der Waals surface area contributed by atoms with Crippen LogP contribution in [0.15, 0.2) is 89.0 Å². The van der Waals surface area contributed by atoms with Gasteiger partial charge in [0.05, 0.1) is 28.8 Å².